The third kappa shape index (κ3) is 2.73. The number of amides is 2. The van der Waals surface area contributed by atoms with Crippen LogP contribution >= 0.6 is 0 Å². The van der Waals surface area contributed by atoms with Crippen molar-refractivity contribution in [3.63, 3.8) is 0 Å². The number of rotatable bonds is 5. The van der Waals surface area contributed by atoms with E-state index in [1.807, 2.05) is 13.8 Å². The number of fused-ring (bicyclic) bond motifs is 1. The molecular formula is C16H20N2O4. The average Bonchev–Trinajstić information content (AvgIpc) is 3.19. The van der Waals surface area contributed by atoms with E-state index in [1.54, 1.807) is 23.1 Å². The zero-order chi connectivity index (χ0) is 15.7. The molecule has 1 N–H and O–H groups in total. The zero-order valence-electron chi connectivity index (χ0n) is 12.8. The topological polar surface area (TPSA) is 67.9 Å². The van der Waals surface area contributed by atoms with E-state index in [1.165, 1.54) is 0 Å². The van der Waals surface area contributed by atoms with E-state index >= 15 is 0 Å². The molecule has 118 valence electrons. The Balaban J connectivity index is 1.59. The Bertz CT molecular complexity index is 598. The van der Waals surface area contributed by atoms with Gasteiger partial charge in [0, 0.05) is 24.8 Å². The van der Waals surface area contributed by atoms with Gasteiger partial charge in [0.05, 0.1) is 11.8 Å². The van der Waals surface area contributed by atoms with Crippen LogP contribution < -0.4 is 14.8 Å². The number of benzene rings is 1. The van der Waals surface area contributed by atoms with E-state index in [2.05, 4.69) is 5.32 Å². The third-order valence-corrected chi connectivity index (χ3v) is 4.16. The highest BCUT2D eigenvalue weighted by Crippen LogP contribution is 2.41. The van der Waals surface area contributed by atoms with Gasteiger partial charge in [-0.3, -0.25) is 9.59 Å². The summed E-state index contributed by atoms with van der Waals surface area (Å²) >= 11 is 0. The number of carbonyl (C=O) groups excluding carboxylic acids is 2. The van der Waals surface area contributed by atoms with Gasteiger partial charge in [-0.1, -0.05) is 0 Å². The molecule has 3 rings (SSSR count). The maximum atomic E-state index is 12.2. The van der Waals surface area contributed by atoms with Crippen molar-refractivity contribution in [2.45, 2.75) is 20.3 Å². The average molecular weight is 304 g/mol. The van der Waals surface area contributed by atoms with Gasteiger partial charge in [-0.05, 0) is 32.4 Å². The van der Waals surface area contributed by atoms with Crippen molar-refractivity contribution >= 4 is 17.5 Å². The predicted molar refractivity (Wildman–Crippen MR) is 80.7 cm³/mol. The summed E-state index contributed by atoms with van der Waals surface area (Å²) in [6, 6.07) is 5.28. The highest BCUT2D eigenvalue weighted by Gasteiger charge is 2.49. The van der Waals surface area contributed by atoms with Crippen LogP contribution in [0.4, 0.5) is 5.69 Å². The fourth-order valence-electron chi connectivity index (χ4n) is 2.74. The lowest BCUT2D eigenvalue weighted by atomic mass is 10.2. The smallest absolute Gasteiger partial charge is 0.231 e. The van der Waals surface area contributed by atoms with Crippen LogP contribution in [-0.4, -0.2) is 36.6 Å². The molecule has 1 aliphatic carbocycles. The van der Waals surface area contributed by atoms with Gasteiger partial charge >= 0.3 is 0 Å². The van der Waals surface area contributed by atoms with Crippen molar-refractivity contribution in [2.75, 3.05) is 25.2 Å². The first-order valence-electron chi connectivity index (χ1n) is 7.63. The summed E-state index contributed by atoms with van der Waals surface area (Å²) in [5.41, 5.74) is 0.662. The summed E-state index contributed by atoms with van der Waals surface area (Å²) in [4.78, 5) is 26.2. The van der Waals surface area contributed by atoms with E-state index < -0.39 is 0 Å². The predicted octanol–water partition coefficient (Wildman–Crippen LogP) is 1.86. The molecule has 22 heavy (non-hydrogen) atoms. The molecule has 1 saturated carbocycles. The van der Waals surface area contributed by atoms with Crippen LogP contribution in [0.5, 0.6) is 11.5 Å². The number of hydrogen-bond acceptors (Lipinski definition) is 4. The van der Waals surface area contributed by atoms with Gasteiger partial charge in [0.2, 0.25) is 18.6 Å². The number of hydrogen-bond donors (Lipinski definition) is 1. The van der Waals surface area contributed by atoms with Gasteiger partial charge in [-0.25, -0.2) is 0 Å². The van der Waals surface area contributed by atoms with Gasteiger partial charge in [-0.2, -0.15) is 0 Å². The molecule has 6 nitrogen and oxygen atoms in total. The molecule has 0 aromatic heterocycles. The molecule has 6 heteroatoms. The Kier molecular flexibility index (Phi) is 3.92. The molecule has 0 bridgehead atoms. The molecule has 2 unspecified atom stereocenters. The Morgan fingerprint density at radius 3 is 2.64 bits per heavy atom. The van der Waals surface area contributed by atoms with Crippen molar-refractivity contribution in [2.24, 2.45) is 11.8 Å². The maximum absolute atomic E-state index is 12.2. The van der Waals surface area contributed by atoms with E-state index in [0.29, 0.717) is 36.7 Å². The lowest BCUT2D eigenvalue weighted by molar-refractivity contribution is -0.133. The van der Waals surface area contributed by atoms with Gasteiger partial charge in [0.25, 0.3) is 0 Å². The lowest BCUT2D eigenvalue weighted by Crippen LogP contribution is -2.33. The standard InChI is InChI=1S/C16H20N2O4/c1-3-18(4-2)16(20)12-8-11(12)15(19)17-10-5-6-13-14(7-10)22-9-21-13/h5-7,11-12H,3-4,8-9H2,1-2H3,(H,17,19). The number of carbonyl (C=O) groups is 2. The second-order valence-electron chi connectivity index (χ2n) is 5.52. The number of nitrogens with one attached hydrogen (secondary N) is 1. The summed E-state index contributed by atoms with van der Waals surface area (Å²) in [7, 11) is 0. The highest BCUT2D eigenvalue weighted by atomic mass is 16.7. The van der Waals surface area contributed by atoms with Crippen molar-refractivity contribution < 1.29 is 19.1 Å². The molecule has 1 aromatic carbocycles. The first-order chi connectivity index (χ1) is 10.6. The number of ether oxygens (including phenoxy) is 2. The largest absolute Gasteiger partial charge is 0.454 e. The molecule has 2 atom stereocenters. The molecule has 0 saturated heterocycles. The van der Waals surface area contributed by atoms with Gasteiger partial charge in [0.15, 0.2) is 11.5 Å². The summed E-state index contributed by atoms with van der Waals surface area (Å²) < 4.78 is 10.5. The summed E-state index contributed by atoms with van der Waals surface area (Å²) in [6.45, 7) is 5.47. The second-order valence-corrected chi connectivity index (χ2v) is 5.52. The minimum atomic E-state index is -0.224. The fourth-order valence-corrected chi connectivity index (χ4v) is 2.74. The number of anilines is 1. The summed E-state index contributed by atoms with van der Waals surface area (Å²) in [5, 5.41) is 2.85. The number of nitrogens with zero attached hydrogens (tertiary/aromatic N) is 1. The fraction of sp³-hybridized carbons (Fsp3) is 0.500. The van der Waals surface area contributed by atoms with Gasteiger partial charge in [-0.15, -0.1) is 0 Å². The summed E-state index contributed by atoms with van der Waals surface area (Å²) in [6.07, 6.45) is 0.631. The van der Waals surface area contributed by atoms with E-state index in [-0.39, 0.29) is 30.4 Å². The monoisotopic (exact) mass is 304 g/mol. The first kappa shape index (κ1) is 14.7. The third-order valence-electron chi connectivity index (χ3n) is 4.16. The van der Waals surface area contributed by atoms with Crippen LogP contribution in [0.25, 0.3) is 0 Å². The van der Waals surface area contributed by atoms with Crippen LogP contribution in [0.2, 0.25) is 0 Å². The Morgan fingerprint density at radius 2 is 1.91 bits per heavy atom. The quantitative estimate of drug-likeness (QED) is 0.901. The van der Waals surface area contributed by atoms with Crippen LogP contribution in [0, 0.1) is 11.8 Å². The van der Waals surface area contributed by atoms with Crippen LogP contribution in [0.15, 0.2) is 18.2 Å². The molecular weight excluding hydrogens is 284 g/mol. The van der Waals surface area contributed by atoms with Crippen LogP contribution in [-0.2, 0) is 9.59 Å². The second kappa shape index (κ2) is 5.87. The molecule has 1 aliphatic heterocycles. The van der Waals surface area contributed by atoms with Crippen molar-refractivity contribution in [1.82, 2.24) is 4.90 Å². The lowest BCUT2D eigenvalue weighted by Gasteiger charge is -2.18. The SMILES string of the molecule is CCN(CC)C(=O)C1CC1C(=O)Nc1ccc2c(c1)OCO2. The molecule has 2 amide bonds. The molecule has 0 spiro atoms. The van der Waals surface area contributed by atoms with Crippen LogP contribution in [0.1, 0.15) is 20.3 Å². The van der Waals surface area contributed by atoms with E-state index in [0.717, 1.165) is 0 Å². The van der Waals surface area contributed by atoms with Crippen LogP contribution in [0.3, 0.4) is 0 Å². The molecule has 1 aromatic rings. The van der Waals surface area contributed by atoms with Gasteiger partial charge < -0.3 is 19.7 Å². The molecule has 1 fully saturated rings. The summed E-state index contributed by atoms with van der Waals surface area (Å²) in [5.74, 6) is 0.885. The minimum absolute atomic E-state index is 0.0795. The molecule has 0 radical (unpaired) electrons. The maximum Gasteiger partial charge on any atom is 0.231 e. The normalized spacial score (nSPS) is 21.4. The zero-order valence-corrected chi connectivity index (χ0v) is 12.8. The van der Waals surface area contributed by atoms with Gasteiger partial charge in [0.1, 0.15) is 0 Å². The van der Waals surface area contributed by atoms with E-state index in [9.17, 15) is 9.59 Å². The van der Waals surface area contributed by atoms with Crippen molar-refractivity contribution in [1.29, 1.82) is 0 Å². The Morgan fingerprint density at radius 1 is 1.18 bits per heavy atom. The minimum Gasteiger partial charge on any atom is -0.454 e. The Hall–Kier alpha value is -2.24. The Labute approximate surface area is 129 Å². The van der Waals surface area contributed by atoms with Crippen molar-refractivity contribution in [3.05, 3.63) is 18.2 Å². The highest BCUT2D eigenvalue weighted by molar-refractivity contribution is 5.99. The molecule has 1 heterocycles. The first-order valence-corrected chi connectivity index (χ1v) is 7.63. The molecule has 2 aliphatic rings. The van der Waals surface area contributed by atoms with E-state index in [4.69, 9.17) is 9.47 Å². The van der Waals surface area contributed by atoms with Crippen molar-refractivity contribution in [3.8, 4) is 11.5 Å².